The summed E-state index contributed by atoms with van der Waals surface area (Å²) < 4.78 is 0.887. The molecule has 0 spiro atoms. The molecule has 12 heavy (non-hydrogen) atoms. The number of aliphatic hydroxyl groups excluding tert-OH is 1. The van der Waals surface area contributed by atoms with E-state index in [2.05, 4.69) is 15.9 Å². The van der Waals surface area contributed by atoms with Gasteiger partial charge in [0.05, 0.1) is 12.0 Å². The molecule has 1 aromatic carbocycles. The summed E-state index contributed by atoms with van der Waals surface area (Å²) in [5, 5.41) is 9.89. The Balaban J connectivity index is 3.01. The highest BCUT2D eigenvalue weighted by atomic mass is 79.9. The molecule has 0 saturated carbocycles. The maximum Gasteiger partial charge on any atom is 0.0939 e. The zero-order valence-electron chi connectivity index (χ0n) is 6.10. The van der Waals surface area contributed by atoms with Gasteiger partial charge >= 0.3 is 0 Å². The molecule has 1 aromatic rings. The van der Waals surface area contributed by atoms with Crippen molar-refractivity contribution in [3.8, 4) is 0 Å². The second-order valence-corrected chi connectivity index (χ2v) is 3.97. The number of hydrogen-bond acceptors (Lipinski definition) is 1. The second-order valence-electron chi connectivity index (χ2n) is 2.34. The minimum Gasteiger partial charge on any atom is -0.387 e. The van der Waals surface area contributed by atoms with Gasteiger partial charge in [0.1, 0.15) is 0 Å². The van der Waals surface area contributed by atoms with Crippen molar-refractivity contribution in [2.45, 2.75) is 6.10 Å². The topological polar surface area (TPSA) is 20.2 Å². The van der Waals surface area contributed by atoms with Gasteiger partial charge in [0, 0.05) is 15.1 Å². The Bertz CT molecular complexity index is 278. The molecule has 66 valence electrons. The second kappa shape index (κ2) is 4.47. The third-order valence-electron chi connectivity index (χ3n) is 1.47. The fraction of sp³-hybridized carbons (Fsp3) is 0.250. The van der Waals surface area contributed by atoms with E-state index in [4.69, 9.17) is 23.2 Å². The van der Waals surface area contributed by atoms with Crippen LogP contribution >= 0.6 is 39.1 Å². The van der Waals surface area contributed by atoms with Crippen LogP contribution in [-0.4, -0.2) is 11.0 Å². The molecule has 0 saturated heterocycles. The van der Waals surface area contributed by atoms with E-state index in [0.717, 1.165) is 4.47 Å². The van der Waals surface area contributed by atoms with Crippen molar-refractivity contribution in [1.82, 2.24) is 0 Å². The van der Waals surface area contributed by atoms with Crippen LogP contribution < -0.4 is 0 Å². The van der Waals surface area contributed by atoms with E-state index in [9.17, 15) is 5.11 Å². The van der Waals surface area contributed by atoms with Crippen LogP contribution in [0.25, 0.3) is 0 Å². The first kappa shape index (κ1) is 10.3. The first-order chi connectivity index (χ1) is 5.65. The highest BCUT2D eigenvalue weighted by Gasteiger charge is 2.09. The van der Waals surface area contributed by atoms with Crippen LogP contribution in [0.15, 0.2) is 22.7 Å². The van der Waals surface area contributed by atoms with E-state index in [1.807, 2.05) is 6.07 Å². The quantitative estimate of drug-likeness (QED) is 0.817. The van der Waals surface area contributed by atoms with E-state index in [0.29, 0.717) is 10.6 Å². The van der Waals surface area contributed by atoms with Crippen LogP contribution in [0.1, 0.15) is 11.7 Å². The first-order valence-corrected chi connectivity index (χ1v) is 5.04. The zero-order chi connectivity index (χ0) is 9.14. The van der Waals surface area contributed by atoms with Gasteiger partial charge in [-0.2, -0.15) is 0 Å². The summed E-state index contributed by atoms with van der Waals surface area (Å²) in [5.41, 5.74) is 0.662. The lowest BCUT2D eigenvalue weighted by molar-refractivity contribution is 0.203. The molecule has 0 heterocycles. The maximum absolute atomic E-state index is 9.37. The summed E-state index contributed by atoms with van der Waals surface area (Å²) in [6, 6.07) is 5.29. The SMILES string of the molecule is O[C@@H](CCl)c1ccc(Br)cc1Cl. The van der Waals surface area contributed by atoms with E-state index >= 15 is 0 Å². The lowest BCUT2D eigenvalue weighted by atomic mass is 10.1. The summed E-state index contributed by atoms with van der Waals surface area (Å²) in [4.78, 5) is 0. The van der Waals surface area contributed by atoms with Crippen molar-refractivity contribution in [3.63, 3.8) is 0 Å². The van der Waals surface area contributed by atoms with Gasteiger partial charge < -0.3 is 5.11 Å². The van der Waals surface area contributed by atoms with E-state index in [1.165, 1.54) is 0 Å². The van der Waals surface area contributed by atoms with Crippen LogP contribution in [0.4, 0.5) is 0 Å². The fourth-order valence-corrected chi connectivity index (χ4v) is 1.82. The van der Waals surface area contributed by atoms with Gasteiger partial charge in [-0.1, -0.05) is 33.6 Å². The number of hydrogen-bond donors (Lipinski definition) is 1. The van der Waals surface area contributed by atoms with E-state index < -0.39 is 6.10 Å². The molecule has 0 fully saturated rings. The summed E-state index contributed by atoms with van der Waals surface area (Å²) in [7, 11) is 0. The van der Waals surface area contributed by atoms with Crippen molar-refractivity contribution < 1.29 is 5.11 Å². The van der Waals surface area contributed by atoms with Gasteiger partial charge in [-0.05, 0) is 12.1 Å². The van der Waals surface area contributed by atoms with Gasteiger partial charge in [-0.15, -0.1) is 11.6 Å². The number of benzene rings is 1. The van der Waals surface area contributed by atoms with Crippen molar-refractivity contribution in [2.75, 3.05) is 5.88 Å². The molecule has 1 nitrogen and oxygen atoms in total. The molecule has 0 bridgehead atoms. The fourth-order valence-electron chi connectivity index (χ4n) is 0.855. The summed E-state index contributed by atoms with van der Waals surface area (Å²) in [5.74, 6) is 0.154. The van der Waals surface area contributed by atoms with Crippen molar-refractivity contribution >= 4 is 39.1 Å². The lowest BCUT2D eigenvalue weighted by Gasteiger charge is -2.08. The average molecular weight is 270 g/mol. The summed E-state index contributed by atoms with van der Waals surface area (Å²) in [6.07, 6.45) is -0.688. The Kier molecular flexibility index (Phi) is 3.84. The summed E-state index contributed by atoms with van der Waals surface area (Å²) in [6.45, 7) is 0. The number of aliphatic hydroxyl groups is 1. The largest absolute Gasteiger partial charge is 0.387 e. The van der Waals surface area contributed by atoms with E-state index in [1.54, 1.807) is 12.1 Å². The predicted molar refractivity (Wildman–Crippen MR) is 54.8 cm³/mol. The van der Waals surface area contributed by atoms with Crippen molar-refractivity contribution in [3.05, 3.63) is 33.3 Å². The first-order valence-electron chi connectivity index (χ1n) is 3.34. The van der Waals surface area contributed by atoms with Gasteiger partial charge in [-0.25, -0.2) is 0 Å². The maximum atomic E-state index is 9.37. The van der Waals surface area contributed by atoms with Crippen LogP contribution in [0.2, 0.25) is 5.02 Å². The third-order valence-corrected chi connectivity index (χ3v) is 2.58. The molecular formula is C8H7BrCl2O. The summed E-state index contributed by atoms with van der Waals surface area (Å²) >= 11 is 14.6. The molecule has 0 unspecified atom stereocenters. The molecule has 0 radical (unpaired) electrons. The molecule has 0 aliphatic rings. The molecule has 4 heteroatoms. The molecular weight excluding hydrogens is 263 g/mol. The minimum absolute atomic E-state index is 0.154. The molecule has 1 rings (SSSR count). The van der Waals surface area contributed by atoms with Crippen LogP contribution in [0, 0.1) is 0 Å². The van der Waals surface area contributed by atoms with Gasteiger partial charge in [0.15, 0.2) is 0 Å². The highest BCUT2D eigenvalue weighted by molar-refractivity contribution is 9.10. The van der Waals surface area contributed by atoms with Crippen LogP contribution in [-0.2, 0) is 0 Å². The van der Waals surface area contributed by atoms with Crippen LogP contribution in [0.5, 0.6) is 0 Å². The Labute approximate surface area is 89.4 Å². The van der Waals surface area contributed by atoms with Gasteiger partial charge in [0.25, 0.3) is 0 Å². The number of alkyl halides is 1. The predicted octanol–water partition coefficient (Wildman–Crippen LogP) is 3.37. The third kappa shape index (κ3) is 2.36. The van der Waals surface area contributed by atoms with Crippen molar-refractivity contribution in [1.29, 1.82) is 0 Å². The highest BCUT2D eigenvalue weighted by Crippen LogP contribution is 2.26. The van der Waals surface area contributed by atoms with Gasteiger partial charge in [-0.3, -0.25) is 0 Å². The Morgan fingerprint density at radius 1 is 1.50 bits per heavy atom. The number of halogens is 3. The zero-order valence-corrected chi connectivity index (χ0v) is 9.20. The van der Waals surface area contributed by atoms with E-state index in [-0.39, 0.29) is 5.88 Å². The molecule has 0 aliphatic carbocycles. The molecule has 0 aliphatic heterocycles. The number of rotatable bonds is 2. The Morgan fingerprint density at radius 3 is 2.67 bits per heavy atom. The molecule has 1 atom stereocenters. The lowest BCUT2D eigenvalue weighted by Crippen LogP contribution is -1.98. The molecule has 0 aromatic heterocycles. The smallest absolute Gasteiger partial charge is 0.0939 e. The standard InChI is InChI=1S/C8H7BrCl2O/c9-5-1-2-6(7(11)3-5)8(12)4-10/h1-3,8,12H,4H2/t8-/m0/s1. The van der Waals surface area contributed by atoms with Crippen LogP contribution in [0.3, 0.4) is 0 Å². The Hall–Kier alpha value is 0.240. The normalized spacial score (nSPS) is 13.0. The van der Waals surface area contributed by atoms with Gasteiger partial charge in [0.2, 0.25) is 0 Å². The average Bonchev–Trinajstić information content (AvgIpc) is 2.03. The van der Waals surface area contributed by atoms with Crippen molar-refractivity contribution in [2.24, 2.45) is 0 Å². The Morgan fingerprint density at radius 2 is 2.17 bits per heavy atom. The minimum atomic E-state index is -0.688. The monoisotopic (exact) mass is 268 g/mol. The molecule has 1 N–H and O–H groups in total. The molecule has 0 amide bonds.